The van der Waals surface area contributed by atoms with Crippen molar-refractivity contribution in [1.82, 2.24) is 10.6 Å². The predicted molar refractivity (Wildman–Crippen MR) is 106 cm³/mol. The van der Waals surface area contributed by atoms with Crippen molar-refractivity contribution < 1.29 is 9.59 Å². The minimum absolute atomic E-state index is 0.221. The second-order valence-electron chi connectivity index (χ2n) is 6.21. The van der Waals surface area contributed by atoms with Crippen molar-refractivity contribution in [2.24, 2.45) is 0 Å². The molecule has 1 atom stereocenters. The third kappa shape index (κ3) is 5.28. The second kappa shape index (κ2) is 9.34. The van der Waals surface area contributed by atoms with Crippen LogP contribution in [0.5, 0.6) is 0 Å². The van der Waals surface area contributed by atoms with Gasteiger partial charge in [0.2, 0.25) is 5.91 Å². The standard InChI is InChI=1S/C23H22N2O2/c26-22(20-14-8-3-9-15-20)25-21(19-12-6-2-7-13-19)23(27)24-17-16-18-10-4-1-5-11-18/h1-15,21H,16-17H2,(H,24,27)(H,25,26). The van der Waals surface area contributed by atoms with E-state index in [0.717, 1.165) is 17.5 Å². The van der Waals surface area contributed by atoms with Gasteiger partial charge in [0.05, 0.1) is 0 Å². The van der Waals surface area contributed by atoms with Crippen molar-refractivity contribution >= 4 is 11.8 Å². The molecule has 0 bridgehead atoms. The summed E-state index contributed by atoms with van der Waals surface area (Å²) in [5.74, 6) is -0.496. The Morgan fingerprint density at radius 1 is 0.741 bits per heavy atom. The molecule has 0 aliphatic carbocycles. The molecule has 0 saturated carbocycles. The second-order valence-corrected chi connectivity index (χ2v) is 6.21. The van der Waals surface area contributed by atoms with E-state index in [1.807, 2.05) is 66.7 Å². The Labute approximate surface area is 159 Å². The van der Waals surface area contributed by atoms with E-state index in [9.17, 15) is 9.59 Å². The van der Waals surface area contributed by atoms with Gasteiger partial charge < -0.3 is 10.6 Å². The lowest BCUT2D eigenvalue weighted by Gasteiger charge is -2.19. The number of amides is 2. The van der Waals surface area contributed by atoms with Gasteiger partial charge in [-0.15, -0.1) is 0 Å². The maximum Gasteiger partial charge on any atom is 0.252 e. The van der Waals surface area contributed by atoms with E-state index in [0.29, 0.717) is 12.1 Å². The average molecular weight is 358 g/mol. The van der Waals surface area contributed by atoms with Crippen LogP contribution in [0, 0.1) is 0 Å². The SMILES string of the molecule is O=C(NC(C(=O)NCCc1ccccc1)c1ccccc1)c1ccccc1. The summed E-state index contributed by atoms with van der Waals surface area (Å²) < 4.78 is 0. The molecular formula is C23H22N2O2. The first-order chi connectivity index (χ1) is 13.2. The predicted octanol–water partition coefficient (Wildman–Crippen LogP) is 3.52. The summed E-state index contributed by atoms with van der Waals surface area (Å²) in [5.41, 5.74) is 2.43. The monoisotopic (exact) mass is 358 g/mol. The molecule has 0 spiro atoms. The number of carbonyl (C=O) groups excluding carboxylic acids is 2. The minimum Gasteiger partial charge on any atom is -0.354 e. The summed E-state index contributed by atoms with van der Waals surface area (Å²) in [6.45, 7) is 0.507. The van der Waals surface area contributed by atoms with Crippen LogP contribution in [0.25, 0.3) is 0 Å². The number of hydrogen-bond donors (Lipinski definition) is 2. The summed E-state index contributed by atoms with van der Waals surface area (Å²) in [5, 5.41) is 5.78. The maximum atomic E-state index is 12.8. The lowest BCUT2D eigenvalue weighted by atomic mass is 10.0. The minimum atomic E-state index is -0.741. The lowest BCUT2D eigenvalue weighted by molar-refractivity contribution is -0.123. The van der Waals surface area contributed by atoms with Crippen molar-refractivity contribution in [3.05, 3.63) is 108 Å². The van der Waals surface area contributed by atoms with Crippen LogP contribution in [-0.2, 0) is 11.2 Å². The molecule has 1 unspecified atom stereocenters. The van der Waals surface area contributed by atoms with E-state index < -0.39 is 6.04 Å². The molecule has 3 rings (SSSR count). The molecule has 0 fully saturated rings. The lowest BCUT2D eigenvalue weighted by Crippen LogP contribution is -2.41. The molecule has 136 valence electrons. The van der Waals surface area contributed by atoms with Crippen LogP contribution < -0.4 is 10.6 Å². The zero-order valence-electron chi connectivity index (χ0n) is 15.0. The molecule has 0 radical (unpaired) electrons. The van der Waals surface area contributed by atoms with Crippen LogP contribution in [0.3, 0.4) is 0 Å². The topological polar surface area (TPSA) is 58.2 Å². The van der Waals surface area contributed by atoms with E-state index in [1.165, 1.54) is 0 Å². The molecule has 3 aromatic carbocycles. The fourth-order valence-electron chi connectivity index (χ4n) is 2.83. The molecule has 2 N–H and O–H groups in total. The zero-order valence-corrected chi connectivity index (χ0v) is 15.0. The highest BCUT2D eigenvalue weighted by Gasteiger charge is 2.22. The van der Waals surface area contributed by atoms with Gasteiger partial charge in [-0.1, -0.05) is 78.9 Å². The number of hydrogen-bond acceptors (Lipinski definition) is 2. The van der Waals surface area contributed by atoms with Crippen LogP contribution in [0.2, 0.25) is 0 Å². The fraction of sp³-hybridized carbons (Fsp3) is 0.130. The van der Waals surface area contributed by atoms with Crippen LogP contribution >= 0.6 is 0 Å². The zero-order chi connectivity index (χ0) is 18.9. The summed E-state index contributed by atoms with van der Waals surface area (Å²) in [6, 6.07) is 27.4. The Balaban J connectivity index is 1.68. The van der Waals surface area contributed by atoms with E-state index in [-0.39, 0.29) is 11.8 Å². The van der Waals surface area contributed by atoms with Crippen molar-refractivity contribution in [2.45, 2.75) is 12.5 Å². The number of benzene rings is 3. The molecule has 0 aliphatic heterocycles. The molecule has 0 aromatic heterocycles. The Morgan fingerprint density at radius 2 is 1.30 bits per heavy atom. The number of rotatable bonds is 7. The quantitative estimate of drug-likeness (QED) is 0.679. The average Bonchev–Trinajstić information content (AvgIpc) is 2.74. The largest absolute Gasteiger partial charge is 0.354 e. The van der Waals surface area contributed by atoms with Crippen molar-refractivity contribution in [2.75, 3.05) is 6.54 Å². The molecule has 4 nitrogen and oxygen atoms in total. The Morgan fingerprint density at radius 3 is 1.93 bits per heavy atom. The molecule has 0 aliphatic rings. The van der Waals surface area contributed by atoms with Crippen LogP contribution in [0.1, 0.15) is 27.5 Å². The number of carbonyl (C=O) groups is 2. The van der Waals surface area contributed by atoms with E-state index >= 15 is 0 Å². The third-order valence-electron chi connectivity index (χ3n) is 4.26. The van der Waals surface area contributed by atoms with Crippen molar-refractivity contribution in [1.29, 1.82) is 0 Å². The highest BCUT2D eigenvalue weighted by Crippen LogP contribution is 2.14. The van der Waals surface area contributed by atoms with Gasteiger partial charge >= 0.3 is 0 Å². The first kappa shape index (κ1) is 18.4. The van der Waals surface area contributed by atoms with Gasteiger partial charge in [-0.2, -0.15) is 0 Å². The van der Waals surface area contributed by atoms with Gasteiger partial charge in [0.15, 0.2) is 0 Å². The first-order valence-corrected chi connectivity index (χ1v) is 8.96. The summed E-state index contributed by atoms with van der Waals surface area (Å²) in [6.07, 6.45) is 0.737. The van der Waals surface area contributed by atoms with Gasteiger partial charge in [-0.05, 0) is 29.7 Å². The summed E-state index contributed by atoms with van der Waals surface area (Å²) >= 11 is 0. The fourth-order valence-corrected chi connectivity index (χ4v) is 2.83. The van der Waals surface area contributed by atoms with Crippen molar-refractivity contribution in [3.8, 4) is 0 Å². The molecule has 2 amide bonds. The summed E-state index contributed by atoms with van der Waals surface area (Å²) in [7, 11) is 0. The van der Waals surface area contributed by atoms with E-state index in [2.05, 4.69) is 10.6 Å². The molecule has 4 heteroatoms. The maximum absolute atomic E-state index is 12.8. The van der Waals surface area contributed by atoms with Crippen LogP contribution in [0.4, 0.5) is 0 Å². The van der Waals surface area contributed by atoms with Crippen LogP contribution in [-0.4, -0.2) is 18.4 Å². The van der Waals surface area contributed by atoms with Gasteiger partial charge in [0.1, 0.15) is 6.04 Å². The Bertz CT molecular complexity index is 865. The van der Waals surface area contributed by atoms with Crippen molar-refractivity contribution in [3.63, 3.8) is 0 Å². The molecular weight excluding hydrogens is 336 g/mol. The van der Waals surface area contributed by atoms with Gasteiger partial charge in [-0.3, -0.25) is 9.59 Å². The third-order valence-corrected chi connectivity index (χ3v) is 4.26. The van der Waals surface area contributed by atoms with Gasteiger partial charge in [0, 0.05) is 12.1 Å². The highest BCUT2D eigenvalue weighted by molar-refractivity contribution is 5.97. The van der Waals surface area contributed by atoms with Gasteiger partial charge in [-0.25, -0.2) is 0 Å². The Kier molecular flexibility index (Phi) is 6.36. The first-order valence-electron chi connectivity index (χ1n) is 8.96. The normalized spacial score (nSPS) is 11.4. The smallest absolute Gasteiger partial charge is 0.252 e. The molecule has 0 heterocycles. The summed E-state index contributed by atoms with van der Waals surface area (Å²) in [4.78, 5) is 25.3. The Hall–Kier alpha value is -3.40. The van der Waals surface area contributed by atoms with Gasteiger partial charge in [0.25, 0.3) is 5.91 Å². The highest BCUT2D eigenvalue weighted by atomic mass is 16.2. The number of nitrogens with one attached hydrogen (secondary N) is 2. The molecule has 0 saturated heterocycles. The molecule has 27 heavy (non-hydrogen) atoms. The van der Waals surface area contributed by atoms with E-state index in [4.69, 9.17) is 0 Å². The van der Waals surface area contributed by atoms with Crippen LogP contribution in [0.15, 0.2) is 91.0 Å². The van der Waals surface area contributed by atoms with E-state index in [1.54, 1.807) is 24.3 Å². The molecule has 3 aromatic rings.